The number of carbonyl (C=O) groups is 1. The van der Waals surface area contributed by atoms with E-state index in [0.717, 1.165) is 6.07 Å². The summed E-state index contributed by atoms with van der Waals surface area (Å²) in [6.45, 7) is 0. The number of ketones is 1. The van der Waals surface area contributed by atoms with Crippen molar-refractivity contribution in [2.45, 2.75) is 0 Å². The zero-order valence-corrected chi connectivity index (χ0v) is 9.54. The fraction of sp³-hybridized carbons (Fsp3) is 0. The lowest BCUT2D eigenvalue weighted by molar-refractivity contribution is 0.103. The maximum atomic E-state index is 12.9. The van der Waals surface area contributed by atoms with Crippen molar-refractivity contribution in [3.8, 4) is 0 Å². The van der Waals surface area contributed by atoms with E-state index in [4.69, 9.17) is 17.3 Å². The van der Waals surface area contributed by atoms with Gasteiger partial charge in [0.2, 0.25) is 0 Å². The number of hydrogen-bond acceptors (Lipinski definition) is 2. The van der Waals surface area contributed by atoms with Crippen LogP contribution in [0.5, 0.6) is 0 Å². The third kappa shape index (κ3) is 2.45. The summed E-state index contributed by atoms with van der Waals surface area (Å²) in [6.07, 6.45) is 0. The van der Waals surface area contributed by atoms with Crippen molar-refractivity contribution in [2.24, 2.45) is 0 Å². The summed E-state index contributed by atoms with van der Waals surface area (Å²) in [5.41, 5.74) is 6.48. The first-order chi connectivity index (χ1) is 8.08. The van der Waals surface area contributed by atoms with Crippen LogP contribution in [0, 0.1) is 5.82 Å². The molecule has 2 rings (SSSR count). The zero-order chi connectivity index (χ0) is 12.4. The lowest BCUT2D eigenvalue weighted by Gasteiger charge is -2.05. The Bertz CT molecular complexity index is 566. The highest BCUT2D eigenvalue weighted by Crippen LogP contribution is 2.19. The van der Waals surface area contributed by atoms with Crippen molar-refractivity contribution in [3.05, 3.63) is 64.4 Å². The predicted molar refractivity (Wildman–Crippen MR) is 65.7 cm³/mol. The van der Waals surface area contributed by atoms with Gasteiger partial charge in [0.1, 0.15) is 5.82 Å². The molecule has 0 heterocycles. The van der Waals surface area contributed by atoms with Crippen molar-refractivity contribution < 1.29 is 9.18 Å². The standard InChI is InChI=1S/C13H9ClFNO/c14-9-3-1-8(2-4-9)13(17)11-6-5-10(15)7-12(11)16/h1-7H,16H2. The Kier molecular flexibility index (Phi) is 3.11. The highest BCUT2D eigenvalue weighted by molar-refractivity contribution is 6.30. The average Bonchev–Trinajstić information content (AvgIpc) is 2.29. The van der Waals surface area contributed by atoms with Gasteiger partial charge in [0.15, 0.2) is 5.78 Å². The van der Waals surface area contributed by atoms with Crippen LogP contribution in [0.25, 0.3) is 0 Å². The van der Waals surface area contributed by atoms with Gasteiger partial charge in [-0.25, -0.2) is 4.39 Å². The monoisotopic (exact) mass is 249 g/mol. The Morgan fingerprint density at radius 3 is 2.35 bits per heavy atom. The van der Waals surface area contributed by atoms with Gasteiger partial charge in [-0.2, -0.15) is 0 Å². The van der Waals surface area contributed by atoms with E-state index in [2.05, 4.69) is 0 Å². The van der Waals surface area contributed by atoms with Crippen molar-refractivity contribution in [2.75, 3.05) is 5.73 Å². The van der Waals surface area contributed by atoms with E-state index in [1.807, 2.05) is 0 Å². The molecule has 0 aliphatic rings. The molecule has 2 nitrogen and oxygen atoms in total. The zero-order valence-electron chi connectivity index (χ0n) is 8.78. The molecule has 0 bridgehead atoms. The van der Waals surface area contributed by atoms with Gasteiger partial charge in [0.25, 0.3) is 0 Å². The number of hydrogen-bond donors (Lipinski definition) is 1. The fourth-order valence-electron chi connectivity index (χ4n) is 1.50. The van der Waals surface area contributed by atoms with Crippen LogP contribution in [0.3, 0.4) is 0 Å². The molecule has 0 saturated carbocycles. The maximum absolute atomic E-state index is 12.9. The predicted octanol–water partition coefficient (Wildman–Crippen LogP) is 3.29. The number of rotatable bonds is 2. The SMILES string of the molecule is Nc1cc(F)ccc1C(=O)c1ccc(Cl)cc1. The van der Waals surface area contributed by atoms with Gasteiger partial charge in [-0.1, -0.05) is 11.6 Å². The molecule has 0 spiro atoms. The molecule has 2 N–H and O–H groups in total. The highest BCUT2D eigenvalue weighted by atomic mass is 35.5. The molecular weight excluding hydrogens is 241 g/mol. The van der Waals surface area contributed by atoms with Crippen molar-refractivity contribution in [1.29, 1.82) is 0 Å². The molecule has 0 radical (unpaired) electrons. The number of carbonyl (C=O) groups excluding carboxylic acids is 1. The van der Waals surface area contributed by atoms with E-state index in [1.54, 1.807) is 24.3 Å². The van der Waals surface area contributed by atoms with E-state index < -0.39 is 5.82 Å². The quantitative estimate of drug-likeness (QED) is 0.656. The van der Waals surface area contributed by atoms with Crippen LogP contribution in [0.15, 0.2) is 42.5 Å². The molecule has 0 aliphatic carbocycles. The maximum Gasteiger partial charge on any atom is 0.195 e. The van der Waals surface area contributed by atoms with Gasteiger partial charge in [0.05, 0.1) is 0 Å². The van der Waals surface area contributed by atoms with E-state index in [-0.39, 0.29) is 17.0 Å². The molecular formula is C13H9ClFNO. The molecule has 0 unspecified atom stereocenters. The molecule has 17 heavy (non-hydrogen) atoms. The Morgan fingerprint density at radius 2 is 1.76 bits per heavy atom. The molecule has 0 fully saturated rings. The van der Waals surface area contributed by atoms with Gasteiger partial charge < -0.3 is 5.73 Å². The normalized spacial score (nSPS) is 10.2. The van der Waals surface area contributed by atoms with Gasteiger partial charge in [-0.3, -0.25) is 4.79 Å². The molecule has 0 amide bonds. The third-order valence-corrected chi connectivity index (χ3v) is 2.62. The minimum absolute atomic E-state index is 0.130. The van der Waals surface area contributed by atoms with Crippen molar-refractivity contribution >= 4 is 23.1 Å². The van der Waals surface area contributed by atoms with Gasteiger partial charge in [0, 0.05) is 21.8 Å². The van der Waals surface area contributed by atoms with Gasteiger partial charge in [-0.05, 0) is 42.5 Å². The van der Waals surface area contributed by atoms with Crippen LogP contribution >= 0.6 is 11.6 Å². The largest absolute Gasteiger partial charge is 0.398 e. The summed E-state index contributed by atoms with van der Waals surface area (Å²) in [6, 6.07) is 10.2. The lowest BCUT2D eigenvalue weighted by Crippen LogP contribution is -2.05. The first kappa shape index (κ1) is 11.6. The second-order valence-corrected chi connectivity index (χ2v) is 4.00. The summed E-state index contributed by atoms with van der Waals surface area (Å²) >= 11 is 5.73. The number of halogens is 2. The van der Waals surface area contributed by atoms with Crippen molar-refractivity contribution in [3.63, 3.8) is 0 Å². The topological polar surface area (TPSA) is 43.1 Å². The van der Waals surface area contributed by atoms with Crippen LogP contribution < -0.4 is 5.73 Å². The molecule has 0 aromatic heterocycles. The molecule has 0 atom stereocenters. The molecule has 0 aliphatic heterocycles. The highest BCUT2D eigenvalue weighted by Gasteiger charge is 2.12. The smallest absolute Gasteiger partial charge is 0.195 e. The summed E-state index contributed by atoms with van der Waals surface area (Å²) < 4.78 is 12.9. The van der Waals surface area contributed by atoms with E-state index in [1.165, 1.54) is 12.1 Å². The number of nitrogens with two attached hydrogens (primary N) is 1. The Labute approximate surface area is 103 Å². The summed E-state index contributed by atoms with van der Waals surface area (Å²) in [7, 11) is 0. The number of anilines is 1. The minimum atomic E-state index is -0.463. The van der Waals surface area contributed by atoms with E-state index in [0.29, 0.717) is 10.6 Å². The Morgan fingerprint density at radius 1 is 1.12 bits per heavy atom. The van der Waals surface area contributed by atoms with Crippen LogP contribution in [-0.4, -0.2) is 5.78 Å². The molecule has 0 saturated heterocycles. The Hall–Kier alpha value is -1.87. The van der Waals surface area contributed by atoms with E-state index >= 15 is 0 Å². The average molecular weight is 250 g/mol. The van der Waals surface area contributed by atoms with Crippen LogP contribution in [0.1, 0.15) is 15.9 Å². The molecule has 2 aromatic rings. The van der Waals surface area contributed by atoms with Crippen molar-refractivity contribution in [1.82, 2.24) is 0 Å². The van der Waals surface area contributed by atoms with Gasteiger partial charge in [-0.15, -0.1) is 0 Å². The second-order valence-electron chi connectivity index (χ2n) is 3.57. The first-order valence-electron chi connectivity index (χ1n) is 4.93. The second kappa shape index (κ2) is 4.55. The van der Waals surface area contributed by atoms with Gasteiger partial charge >= 0.3 is 0 Å². The summed E-state index contributed by atoms with van der Waals surface area (Å²) in [4.78, 5) is 12.0. The summed E-state index contributed by atoms with van der Waals surface area (Å²) in [5, 5.41) is 0.550. The van der Waals surface area contributed by atoms with E-state index in [9.17, 15) is 9.18 Å². The molecule has 86 valence electrons. The lowest BCUT2D eigenvalue weighted by atomic mass is 10.0. The van der Waals surface area contributed by atoms with Crippen LogP contribution in [0.4, 0.5) is 10.1 Å². The number of benzene rings is 2. The number of nitrogen functional groups attached to an aromatic ring is 1. The van der Waals surface area contributed by atoms with Crippen LogP contribution in [0.2, 0.25) is 5.02 Å². The Balaban J connectivity index is 2.40. The first-order valence-corrected chi connectivity index (χ1v) is 5.31. The molecule has 4 heteroatoms. The fourth-order valence-corrected chi connectivity index (χ4v) is 1.62. The van der Waals surface area contributed by atoms with Crippen LogP contribution in [-0.2, 0) is 0 Å². The minimum Gasteiger partial charge on any atom is -0.398 e. The molecule has 2 aromatic carbocycles. The third-order valence-electron chi connectivity index (χ3n) is 2.36. The summed E-state index contributed by atoms with van der Waals surface area (Å²) in [5.74, 6) is -0.714.